The van der Waals surface area contributed by atoms with Gasteiger partial charge in [0.15, 0.2) is 0 Å². The first kappa shape index (κ1) is 13.1. The van der Waals surface area contributed by atoms with Crippen LogP contribution in [0.15, 0.2) is 18.2 Å². The summed E-state index contributed by atoms with van der Waals surface area (Å²) in [6.07, 6.45) is 1.14. The summed E-state index contributed by atoms with van der Waals surface area (Å²) in [6, 6.07) is 4.93. The highest BCUT2D eigenvalue weighted by molar-refractivity contribution is 7.98. The Balaban J connectivity index is 2.73. The number of nitrogens with two attached hydrogens (primary N) is 1. The van der Waals surface area contributed by atoms with Gasteiger partial charge in [-0.15, -0.1) is 0 Å². The molecule has 0 radical (unpaired) electrons. The third-order valence-electron chi connectivity index (χ3n) is 1.91. The summed E-state index contributed by atoms with van der Waals surface area (Å²) < 4.78 is 13.3. The fourth-order valence-corrected chi connectivity index (χ4v) is 2.13. The number of hydrogen-bond donors (Lipinski definition) is 1. The zero-order chi connectivity index (χ0) is 11.8. The van der Waals surface area contributed by atoms with Crippen LogP contribution >= 0.6 is 11.8 Å². The molecule has 2 N–H and O–H groups in total. The van der Waals surface area contributed by atoms with Gasteiger partial charge in [-0.25, -0.2) is 4.39 Å². The van der Waals surface area contributed by atoms with Gasteiger partial charge in [0.25, 0.3) is 0 Å². The van der Waals surface area contributed by atoms with Crippen LogP contribution in [0, 0.1) is 17.7 Å². The lowest BCUT2D eigenvalue weighted by molar-refractivity contribution is 0.626. The first-order chi connectivity index (χ1) is 7.76. The summed E-state index contributed by atoms with van der Waals surface area (Å²) in [5, 5.41) is 0. The lowest BCUT2D eigenvalue weighted by Crippen LogP contribution is -1.93. The SMILES string of the molecule is CCCSCc1cc(F)cc(C#CCN)c1. The Morgan fingerprint density at radius 1 is 1.38 bits per heavy atom. The van der Waals surface area contributed by atoms with Gasteiger partial charge < -0.3 is 5.73 Å². The smallest absolute Gasteiger partial charge is 0.124 e. The Hall–Kier alpha value is -0.980. The number of hydrogen-bond acceptors (Lipinski definition) is 2. The molecule has 3 heteroatoms. The third kappa shape index (κ3) is 4.69. The summed E-state index contributed by atoms with van der Waals surface area (Å²) >= 11 is 1.81. The zero-order valence-electron chi connectivity index (χ0n) is 9.42. The minimum absolute atomic E-state index is 0.226. The van der Waals surface area contributed by atoms with E-state index in [1.165, 1.54) is 6.07 Å². The summed E-state index contributed by atoms with van der Waals surface area (Å²) in [4.78, 5) is 0. The fraction of sp³-hybridized carbons (Fsp3) is 0.385. The van der Waals surface area contributed by atoms with Crippen LogP contribution < -0.4 is 5.73 Å². The molecule has 0 aromatic heterocycles. The van der Waals surface area contributed by atoms with Crippen molar-refractivity contribution in [3.63, 3.8) is 0 Å². The van der Waals surface area contributed by atoms with Gasteiger partial charge in [0.2, 0.25) is 0 Å². The fourth-order valence-electron chi connectivity index (χ4n) is 1.29. The molecule has 0 amide bonds. The molecule has 1 aromatic rings. The average Bonchev–Trinajstić information content (AvgIpc) is 2.26. The van der Waals surface area contributed by atoms with Crippen molar-refractivity contribution in [2.75, 3.05) is 12.3 Å². The van der Waals surface area contributed by atoms with E-state index in [9.17, 15) is 4.39 Å². The second-order valence-corrected chi connectivity index (χ2v) is 4.51. The highest BCUT2D eigenvalue weighted by Gasteiger charge is 1.99. The van der Waals surface area contributed by atoms with Gasteiger partial charge in [0.05, 0.1) is 6.54 Å². The second kappa shape index (κ2) is 7.32. The largest absolute Gasteiger partial charge is 0.320 e. The molecule has 86 valence electrons. The zero-order valence-corrected chi connectivity index (χ0v) is 10.2. The predicted octanol–water partition coefficient (Wildman–Crippen LogP) is 2.78. The average molecular weight is 237 g/mol. The molecule has 0 aliphatic carbocycles. The molecule has 0 spiro atoms. The minimum atomic E-state index is -0.226. The standard InChI is InChI=1S/C13H16FNS/c1-2-6-16-10-12-7-11(4-3-5-15)8-13(14)9-12/h7-9H,2,5-6,10,15H2,1H3. The Kier molecular flexibility index (Phi) is 5.99. The van der Waals surface area contributed by atoms with Gasteiger partial charge >= 0.3 is 0 Å². The van der Waals surface area contributed by atoms with Crippen LogP contribution in [0.5, 0.6) is 0 Å². The monoisotopic (exact) mass is 237 g/mol. The highest BCUT2D eigenvalue weighted by atomic mass is 32.2. The molecule has 16 heavy (non-hydrogen) atoms. The van der Waals surface area contributed by atoms with Gasteiger partial charge in [-0.05, 0) is 35.9 Å². The lowest BCUT2D eigenvalue weighted by atomic mass is 10.1. The van der Waals surface area contributed by atoms with E-state index >= 15 is 0 Å². The van der Waals surface area contributed by atoms with Crippen molar-refractivity contribution in [3.05, 3.63) is 35.1 Å². The maximum Gasteiger partial charge on any atom is 0.124 e. The van der Waals surface area contributed by atoms with E-state index in [-0.39, 0.29) is 5.82 Å². The topological polar surface area (TPSA) is 26.0 Å². The minimum Gasteiger partial charge on any atom is -0.320 e. The normalized spacial score (nSPS) is 9.69. The van der Waals surface area contributed by atoms with Crippen molar-refractivity contribution in [3.8, 4) is 11.8 Å². The first-order valence-corrected chi connectivity index (χ1v) is 6.48. The molecule has 1 nitrogen and oxygen atoms in total. The van der Waals surface area contributed by atoms with Crippen molar-refractivity contribution in [2.45, 2.75) is 19.1 Å². The molecule has 0 saturated heterocycles. The van der Waals surface area contributed by atoms with E-state index in [4.69, 9.17) is 5.73 Å². The molecular weight excluding hydrogens is 221 g/mol. The number of rotatable bonds is 4. The molecule has 0 fully saturated rings. The van der Waals surface area contributed by atoms with Crippen molar-refractivity contribution in [1.82, 2.24) is 0 Å². The van der Waals surface area contributed by atoms with E-state index in [2.05, 4.69) is 18.8 Å². The molecule has 1 rings (SSSR count). The quantitative estimate of drug-likeness (QED) is 0.643. The van der Waals surface area contributed by atoms with Gasteiger partial charge in [-0.1, -0.05) is 18.8 Å². The summed E-state index contributed by atoms with van der Waals surface area (Å²) in [5.74, 6) is 7.29. The molecule has 0 saturated carbocycles. The maximum atomic E-state index is 13.3. The van der Waals surface area contributed by atoms with Crippen LogP contribution in [0.2, 0.25) is 0 Å². The Labute approximate surface area is 101 Å². The summed E-state index contributed by atoms with van der Waals surface area (Å²) in [7, 11) is 0. The van der Waals surface area contributed by atoms with E-state index in [1.807, 2.05) is 17.8 Å². The van der Waals surface area contributed by atoms with Crippen LogP contribution in [0.4, 0.5) is 4.39 Å². The van der Waals surface area contributed by atoms with Crippen molar-refractivity contribution in [2.24, 2.45) is 5.73 Å². The van der Waals surface area contributed by atoms with Crippen molar-refractivity contribution >= 4 is 11.8 Å². The first-order valence-electron chi connectivity index (χ1n) is 5.32. The molecule has 1 aromatic carbocycles. The van der Waals surface area contributed by atoms with Crippen LogP contribution in [0.1, 0.15) is 24.5 Å². The molecule has 0 atom stereocenters. The molecule has 0 aliphatic heterocycles. The van der Waals surface area contributed by atoms with E-state index < -0.39 is 0 Å². The summed E-state index contributed by atoms with van der Waals surface area (Å²) in [5.41, 5.74) is 6.97. The third-order valence-corrected chi connectivity index (χ3v) is 3.14. The number of halogens is 1. The number of benzene rings is 1. The lowest BCUT2D eigenvalue weighted by Gasteiger charge is -2.02. The van der Waals surface area contributed by atoms with E-state index in [0.717, 1.165) is 23.5 Å². The van der Waals surface area contributed by atoms with Gasteiger partial charge in [0.1, 0.15) is 5.82 Å². The van der Waals surface area contributed by atoms with Crippen LogP contribution in [-0.2, 0) is 5.75 Å². The van der Waals surface area contributed by atoms with Crippen molar-refractivity contribution < 1.29 is 4.39 Å². The summed E-state index contributed by atoms with van der Waals surface area (Å²) in [6.45, 7) is 2.44. The van der Waals surface area contributed by atoms with Crippen LogP contribution in [0.25, 0.3) is 0 Å². The highest BCUT2D eigenvalue weighted by Crippen LogP contribution is 2.16. The molecule has 0 bridgehead atoms. The van der Waals surface area contributed by atoms with Crippen molar-refractivity contribution in [1.29, 1.82) is 0 Å². The van der Waals surface area contributed by atoms with Gasteiger partial charge in [-0.3, -0.25) is 0 Å². The van der Waals surface area contributed by atoms with Crippen LogP contribution in [-0.4, -0.2) is 12.3 Å². The Morgan fingerprint density at radius 3 is 2.88 bits per heavy atom. The predicted molar refractivity (Wildman–Crippen MR) is 68.8 cm³/mol. The number of thioether (sulfide) groups is 1. The Bertz CT molecular complexity index is 393. The molecule has 0 aliphatic rings. The molecular formula is C13H16FNS. The van der Waals surface area contributed by atoms with E-state index in [0.29, 0.717) is 12.1 Å². The Morgan fingerprint density at radius 2 is 2.19 bits per heavy atom. The molecule has 0 unspecified atom stereocenters. The van der Waals surface area contributed by atoms with Gasteiger partial charge in [0, 0.05) is 11.3 Å². The second-order valence-electron chi connectivity index (χ2n) is 3.41. The maximum absolute atomic E-state index is 13.3. The molecule has 0 heterocycles. The van der Waals surface area contributed by atoms with Crippen LogP contribution in [0.3, 0.4) is 0 Å². The van der Waals surface area contributed by atoms with Gasteiger partial charge in [-0.2, -0.15) is 11.8 Å². The van der Waals surface area contributed by atoms with E-state index in [1.54, 1.807) is 6.07 Å².